The summed E-state index contributed by atoms with van der Waals surface area (Å²) < 4.78 is 1.96. The number of aromatic nitrogens is 2. The number of hydrogen-bond acceptors (Lipinski definition) is 3. The molecule has 4 nitrogen and oxygen atoms in total. The molecule has 18 heavy (non-hydrogen) atoms. The van der Waals surface area contributed by atoms with Crippen LogP contribution in [0.5, 0.6) is 0 Å². The van der Waals surface area contributed by atoms with Crippen molar-refractivity contribution < 1.29 is 4.79 Å². The minimum atomic E-state index is 0.0593. The summed E-state index contributed by atoms with van der Waals surface area (Å²) in [6.07, 6.45) is 4.78. The second kappa shape index (κ2) is 6.14. The average Bonchev–Trinajstić information content (AvgIpc) is 2.82. The Balaban J connectivity index is 2.03. The molecule has 0 aliphatic carbocycles. The maximum absolute atomic E-state index is 12.2. The van der Waals surface area contributed by atoms with Crippen LogP contribution < -0.4 is 5.32 Å². The van der Waals surface area contributed by atoms with Gasteiger partial charge in [0.1, 0.15) is 0 Å². The van der Waals surface area contributed by atoms with Gasteiger partial charge in [0, 0.05) is 12.2 Å². The number of ketones is 1. The Morgan fingerprint density at radius 3 is 2.94 bits per heavy atom. The van der Waals surface area contributed by atoms with E-state index in [2.05, 4.69) is 30.3 Å². The lowest BCUT2D eigenvalue weighted by molar-refractivity contribution is -0.121. The molecule has 2 heterocycles. The lowest BCUT2D eigenvalue weighted by Crippen LogP contribution is -2.41. The van der Waals surface area contributed by atoms with Gasteiger partial charge in [0.05, 0.1) is 18.2 Å². The van der Waals surface area contributed by atoms with Crippen LogP contribution in [0.4, 0.5) is 0 Å². The predicted molar refractivity (Wildman–Crippen MR) is 71.6 cm³/mol. The third-order valence-corrected chi connectivity index (χ3v) is 3.63. The first-order valence-electron chi connectivity index (χ1n) is 7.06. The number of carbonyl (C=O) groups is 1. The van der Waals surface area contributed by atoms with Crippen LogP contribution in [0, 0.1) is 0 Å². The highest BCUT2D eigenvalue weighted by Crippen LogP contribution is 2.12. The van der Waals surface area contributed by atoms with Crippen molar-refractivity contribution in [2.45, 2.75) is 58.5 Å². The van der Waals surface area contributed by atoms with Gasteiger partial charge in [-0.3, -0.25) is 9.48 Å². The van der Waals surface area contributed by atoms with Gasteiger partial charge in [-0.1, -0.05) is 13.3 Å². The molecule has 0 saturated carbocycles. The molecule has 0 bridgehead atoms. The normalized spacial score (nSPS) is 20.0. The Kier molecular flexibility index (Phi) is 4.53. The maximum atomic E-state index is 12.2. The smallest absolute Gasteiger partial charge is 0.155 e. The maximum Gasteiger partial charge on any atom is 0.155 e. The van der Waals surface area contributed by atoms with E-state index in [-0.39, 0.29) is 6.04 Å². The van der Waals surface area contributed by atoms with Gasteiger partial charge in [-0.05, 0) is 38.8 Å². The number of rotatable bonds is 5. The first-order valence-corrected chi connectivity index (χ1v) is 7.06. The molecule has 0 radical (unpaired) electrons. The van der Waals surface area contributed by atoms with E-state index in [1.165, 1.54) is 6.42 Å². The molecule has 1 unspecified atom stereocenters. The van der Waals surface area contributed by atoms with Crippen LogP contribution in [-0.4, -0.2) is 28.2 Å². The molecule has 1 aliphatic rings. The largest absolute Gasteiger partial charge is 0.307 e. The Morgan fingerprint density at radius 2 is 2.33 bits per heavy atom. The van der Waals surface area contributed by atoms with E-state index >= 15 is 0 Å². The molecule has 4 heteroatoms. The van der Waals surface area contributed by atoms with Gasteiger partial charge in [0.15, 0.2) is 5.78 Å². The zero-order valence-corrected chi connectivity index (χ0v) is 11.4. The standard InChI is InChI=1S/C14H23N3O/c1-3-11-9-12(17(4-2)16-11)10-14(18)13-7-5-6-8-15-13/h9,13,15H,3-8,10H2,1-2H3. The van der Waals surface area contributed by atoms with Gasteiger partial charge in [0.25, 0.3) is 0 Å². The van der Waals surface area contributed by atoms with Crippen LogP contribution in [0.1, 0.15) is 44.5 Å². The molecule has 1 aliphatic heterocycles. The van der Waals surface area contributed by atoms with Gasteiger partial charge in [0.2, 0.25) is 0 Å². The molecule has 2 rings (SSSR count). The summed E-state index contributed by atoms with van der Waals surface area (Å²) in [6.45, 7) is 5.97. The van der Waals surface area contributed by atoms with Gasteiger partial charge in [-0.2, -0.15) is 5.10 Å². The lowest BCUT2D eigenvalue weighted by atomic mass is 9.98. The van der Waals surface area contributed by atoms with Crippen LogP contribution >= 0.6 is 0 Å². The Labute approximate surface area is 109 Å². The van der Waals surface area contributed by atoms with E-state index in [4.69, 9.17) is 0 Å². The van der Waals surface area contributed by atoms with E-state index in [9.17, 15) is 4.79 Å². The highest BCUT2D eigenvalue weighted by molar-refractivity contribution is 5.85. The number of nitrogens with zero attached hydrogens (tertiary/aromatic N) is 2. The summed E-state index contributed by atoms with van der Waals surface area (Å²) in [5.74, 6) is 0.312. The fraction of sp³-hybridized carbons (Fsp3) is 0.714. The second-order valence-electron chi connectivity index (χ2n) is 4.94. The van der Waals surface area contributed by atoms with Crippen molar-refractivity contribution in [2.24, 2.45) is 0 Å². The third-order valence-electron chi connectivity index (χ3n) is 3.63. The van der Waals surface area contributed by atoms with Crippen molar-refractivity contribution in [3.05, 3.63) is 17.5 Å². The number of hydrogen-bond donors (Lipinski definition) is 1. The Bertz CT molecular complexity index is 405. The van der Waals surface area contributed by atoms with Crippen LogP contribution in [0.3, 0.4) is 0 Å². The summed E-state index contributed by atoms with van der Waals surface area (Å²) >= 11 is 0. The summed E-state index contributed by atoms with van der Waals surface area (Å²) in [5, 5.41) is 7.81. The van der Waals surface area contributed by atoms with Crippen molar-refractivity contribution in [1.82, 2.24) is 15.1 Å². The van der Waals surface area contributed by atoms with E-state index in [1.807, 2.05) is 4.68 Å². The van der Waals surface area contributed by atoms with E-state index in [1.54, 1.807) is 0 Å². The van der Waals surface area contributed by atoms with Crippen LogP contribution in [-0.2, 0) is 24.2 Å². The number of carbonyl (C=O) groups excluding carboxylic acids is 1. The molecule has 0 amide bonds. The van der Waals surface area contributed by atoms with Gasteiger partial charge in [-0.15, -0.1) is 0 Å². The monoisotopic (exact) mass is 249 g/mol. The molecular formula is C14H23N3O. The Morgan fingerprint density at radius 1 is 1.50 bits per heavy atom. The molecular weight excluding hydrogens is 226 g/mol. The summed E-state index contributed by atoms with van der Waals surface area (Å²) in [7, 11) is 0. The minimum absolute atomic E-state index is 0.0593. The van der Waals surface area contributed by atoms with Crippen LogP contribution in [0.2, 0.25) is 0 Å². The number of Topliss-reactive ketones (excluding diaryl/α,β-unsaturated/α-hetero) is 1. The summed E-state index contributed by atoms with van der Waals surface area (Å²) in [4.78, 5) is 12.2. The highest BCUT2D eigenvalue weighted by Gasteiger charge is 2.21. The van der Waals surface area contributed by atoms with E-state index < -0.39 is 0 Å². The lowest BCUT2D eigenvalue weighted by Gasteiger charge is -2.22. The first-order chi connectivity index (χ1) is 8.74. The minimum Gasteiger partial charge on any atom is -0.307 e. The molecule has 100 valence electrons. The molecule has 1 fully saturated rings. The molecule has 1 aromatic heterocycles. The molecule has 1 saturated heterocycles. The number of piperidine rings is 1. The topological polar surface area (TPSA) is 46.9 Å². The van der Waals surface area contributed by atoms with E-state index in [0.717, 1.165) is 43.7 Å². The second-order valence-corrected chi connectivity index (χ2v) is 4.94. The van der Waals surface area contributed by atoms with Gasteiger partial charge >= 0.3 is 0 Å². The summed E-state index contributed by atoms with van der Waals surface area (Å²) in [5.41, 5.74) is 2.14. The number of nitrogens with one attached hydrogen (secondary N) is 1. The van der Waals surface area contributed by atoms with Crippen LogP contribution in [0.15, 0.2) is 6.07 Å². The van der Waals surface area contributed by atoms with Gasteiger partial charge in [-0.25, -0.2) is 0 Å². The third kappa shape index (κ3) is 2.99. The van der Waals surface area contributed by atoms with Crippen molar-refractivity contribution >= 4 is 5.78 Å². The van der Waals surface area contributed by atoms with Crippen LogP contribution in [0.25, 0.3) is 0 Å². The molecule has 1 N–H and O–H groups in total. The highest BCUT2D eigenvalue weighted by atomic mass is 16.1. The zero-order chi connectivity index (χ0) is 13.0. The van der Waals surface area contributed by atoms with Crippen molar-refractivity contribution in [3.8, 4) is 0 Å². The molecule has 0 aromatic carbocycles. The predicted octanol–water partition coefficient (Wildman–Crippen LogP) is 1.72. The number of aryl methyl sites for hydroxylation is 2. The van der Waals surface area contributed by atoms with Crippen molar-refractivity contribution in [3.63, 3.8) is 0 Å². The van der Waals surface area contributed by atoms with Gasteiger partial charge < -0.3 is 5.32 Å². The Hall–Kier alpha value is -1.16. The quantitative estimate of drug-likeness (QED) is 0.864. The average molecular weight is 249 g/mol. The zero-order valence-electron chi connectivity index (χ0n) is 11.4. The van der Waals surface area contributed by atoms with Crippen molar-refractivity contribution in [2.75, 3.05) is 6.54 Å². The summed E-state index contributed by atoms with van der Waals surface area (Å²) in [6, 6.07) is 2.13. The first kappa shape index (κ1) is 13.3. The van der Waals surface area contributed by atoms with Crippen molar-refractivity contribution in [1.29, 1.82) is 0 Å². The van der Waals surface area contributed by atoms with E-state index in [0.29, 0.717) is 12.2 Å². The SMILES string of the molecule is CCc1cc(CC(=O)C2CCCCN2)n(CC)n1. The fourth-order valence-corrected chi connectivity index (χ4v) is 2.53. The molecule has 1 aromatic rings. The molecule has 0 spiro atoms. The molecule has 1 atom stereocenters. The fourth-order valence-electron chi connectivity index (χ4n) is 2.53.